The van der Waals surface area contributed by atoms with Crippen molar-refractivity contribution < 1.29 is 14.3 Å². The molecule has 156 valence electrons. The van der Waals surface area contributed by atoms with Gasteiger partial charge in [-0.3, -0.25) is 4.79 Å². The van der Waals surface area contributed by atoms with Gasteiger partial charge in [0, 0.05) is 65.6 Å². The third-order valence-corrected chi connectivity index (χ3v) is 4.78. The SMILES string of the molecule is COC/C=C/C(=O)Nc1cccc(-c2cnc3[nH]cc(-c4ccc(OC)nc4)c3c2)c1. The van der Waals surface area contributed by atoms with Crippen molar-refractivity contribution in [2.75, 3.05) is 26.1 Å². The van der Waals surface area contributed by atoms with Crippen LogP contribution >= 0.6 is 0 Å². The average Bonchev–Trinajstić information content (AvgIpc) is 3.23. The molecule has 0 unspecified atom stereocenters. The maximum absolute atomic E-state index is 12.0. The van der Waals surface area contributed by atoms with E-state index >= 15 is 0 Å². The summed E-state index contributed by atoms with van der Waals surface area (Å²) in [6.07, 6.45) is 8.64. The molecule has 0 fully saturated rings. The van der Waals surface area contributed by atoms with Gasteiger partial charge in [-0.1, -0.05) is 18.2 Å². The number of rotatable bonds is 7. The van der Waals surface area contributed by atoms with Gasteiger partial charge in [0.15, 0.2) is 0 Å². The van der Waals surface area contributed by atoms with Crippen molar-refractivity contribution in [1.29, 1.82) is 0 Å². The van der Waals surface area contributed by atoms with Gasteiger partial charge in [-0.15, -0.1) is 0 Å². The summed E-state index contributed by atoms with van der Waals surface area (Å²) in [5, 5.41) is 3.85. The molecule has 0 aliphatic carbocycles. The van der Waals surface area contributed by atoms with Crippen molar-refractivity contribution in [3.05, 3.63) is 73.2 Å². The third-order valence-electron chi connectivity index (χ3n) is 4.78. The zero-order chi connectivity index (χ0) is 21.6. The van der Waals surface area contributed by atoms with E-state index < -0.39 is 0 Å². The van der Waals surface area contributed by atoms with Crippen LogP contribution in [0.4, 0.5) is 5.69 Å². The Balaban J connectivity index is 1.63. The molecule has 0 radical (unpaired) electrons. The van der Waals surface area contributed by atoms with E-state index in [0.29, 0.717) is 18.2 Å². The van der Waals surface area contributed by atoms with Gasteiger partial charge in [0.25, 0.3) is 0 Å². The van der Waals surface area contributed by atoms with Gasteiger partial charge in [-0.2, -0.15) is 0 Å². The standard InChI is InChI=1S/C24H22N4O3/c1-30-10-4-7-22(29)28-19-6-3-5-16(11-19)18-12-20-21(15-27-24(20)26-14-18)17-8-9-23(31-2)25-13-17/h3-9,11-15H,10H2,1-2H3,(H,26,27)(H,28,29)/b7-4+. The second-order valence-electron chi connectivity index (χ2n) is 6.84. The first-order chi connectivity index (χ1) is 15.2. The van der Waals surface area contributed by atoms with Crippen molar-refractivity contribution in [2.24, 2.45) is 0 Å². The average molecular weight is 414 g/mol. The van der Waals surface area contributed by atoms with Crippen LogP contribution in [0, 0.1) is 0 Å². The van der Waals surface area contributed by atoms with E-state index in [1.165, 1.54) is 6.08 Å². The Labute approximate surface area is 179 Å². The molecule has 3 aromatic heterocycles. The third kappa shape index (κ3) is 4.62. The topological polar surface area (TPSA) is 89.1 Å². The van der Waals surface area contributed by atoms with Gasteiger partial charge >= 0.3 is 0 Å². The fourth-order valence-electron chi connectivity index (χ4n) is 3.27. The molecule has 0 saturated heterocycles. The van der Waals surface area contributed by atoms with Gasteiger partial charge in [0.05, 0.1) is 13.7 Å². The van der Waals surface area contributed by atoms with Gasteiger partial charge < -0.3 is 19.8 Å². The Bertz CT molecular complexity index is 1230. The van der Waals surface area contributed by atoms with Crippen LogP contribution in [0.2, 0.25) is 0 Å². The Morgan fingerprint density at radius 1 is 1.06 bits per heavy atom. The van der Waals surface area contributed by atoms with Crippen LogP contribution in [0.15, 0.2) is 73.2 Å². The van der Waals surface area contributed by atoms with E-state index in [1.807, 2.05) is 48.8 Å². The lowest BCUT2D eigenvalue weighted by Crippen LogP contribution is -2.08. The molecule has 0 aliphatic heterocycles. The number of nitrogens with one attached hydrogen (secondary N) is 2. The van der Waals surface area contributed by atoms with E-state index in [-0.39, 0.29) is 5.91 Å². The smallest absolute Gasteiger partial charge is 0.248 e. The molecule has 4 rings (SSSR count). The first-order valence-electron chi connectivity index (χ1n) is 9.72. The van der Waals surface area contributed by atoms with Crippen LogP contribution < -0.4 is 10.1 Å². The van der Waals surface area contributed by atoms with Gasteiger partial charge in [0.2, 0.25) is 11.8 Å². The Morgan fingerprint density at radius 3 is 2.71 bits per heavy atom. The van der Waals surface area contributed by atoms with E-state index in [1.54, 1.807) is 26.5 Å². The summed E-state index contributed by atoms with van der Waals surface area (Å²) in [7, 11) is 3.17. The lowest BCUT2D eigenvalue weighted by Gasteiger charge is -2.07. The van der Waals surface area contributed by atoms with Crippen LogP contribution in [0.5, 0.6) is 5.88 Å². The largest absolute Gasteiger partial charge is 0.481 e. The minimum Gasteiger partial charge on any atom is -0.481 e. The van der Waals surface area contributed by atoms with Gasteiger partial charge in [-0.25, -0.2) is 9.97 Å². The van der Waals surface area contributed by atoms with Crippen LogP contribution in [0.25, 0.3) is 33.3 Å². The molecule has 1 aromatic carbocycles. The van der Waals surface area contributed by atoms with Crippen molar-refractivity contribution >= 4 is 22.6 Å². The number of carbonyl (C=O) groups excluding carboxylic acids is 1. The Kier molecular flexibility index (Phi) is 6.05. The predicted octanol–water partition coefficient (Wildman–Crippen LogP) is 4.44. The second-order valence-corrected chi connectivity index (χ2v) is 6.84. The molecule has 0 spiro atoms. The molecule has 1 amide bonds. The molecule has 31 heavy (non-hydrogen) atoms. The molecule has 2 N–H and O–H groups in total. The summed E-state index contributed by atoms with van der Waals surface area (Å²) < 4.78 is 10.1. The zero-order valence-electron chi connectivity index (χ0n) is 17.3. The number of nitrogens with zero attached hydrogens (tertiary/aromatic N) is 2. The summed E-state index contributed by atoms with van der Waals surface area (Å²) in [5.41, 5.74) is 5.37. The maximum Gasteiger partial charge on any atom is 0.248 e. The van der Waals surface area contributed by atoms with E-state index in [9.17, 15) is 4.79 Å². The van der Waals surface area contributed by atoms with Crippen molar-refractivity contribution in [3.63, 3.8) is 0 Å². The number of aromatic amines is 1. The minimum atomic E-state index is -0.206. The zero-order valence-corrected chi connectivity index (χ0v) is 17.3. The fourth-order valence-corrected chi connectivity index (χ4v) is 3.27. The summed E-state index contributed by atoms with van der Waals surface area (Å²) >= 11 is 0. The molecule has 0 bridgehead atoms. The number of carbonyl (C=O) groups is 1. The molecule has 7 nitrogen and oxygen atoms in total. The number of hydrogen-bond donors (Lipinski definition) is 2. The van der Waals surface area contributed by atoms with E-state index in [0.717, 1.165) is 33.3 Å². The summed E-state index contributed by atoms with van der Waals surface area (Å²) in [6, 6.07) is 13.5. The summed E-state index contributed by atoms with van der Waals surface area (Å²) in [6.45, 7) is 0.391. The summed E-state index contributed by atoms with van der Waals surface area (Å²) in [5.74, 6) is 0.362. The van der Waals surface area contributed by atoms with E-state index in [4.69, 9.17) is 9.47 Å². The predicted molar refractivity (Wildman–Crippen MR) is 121 cm³/mol. The van der Waals surface area contributed by atoms with Crippen molar-refractivity contribution in [3.8, 4) is 28.1 Å². The Hall–Kier alpha value is -3.97. The second kappa shape index (κ2) is 9.23. The van der Waals surface area contributed by atoms with Crippen molar-refractivity contribution in [1.82, 2.24) is 15.0 Å². The fraction of sp³-hybridized carbons (Fsp3) is 0.125. The Morgan fingerprint density at radius 2 is 1.94 bits per heavy atom. The van der Waals surface area contributed by atoms with Crippen LogP contribution in [0.3, 0.4) is 0 Å². The number of pyridine rings is 2. The summed E-state index contributed by atoms with van der Waals surface area (Å²) in [4.78, 5) is 24.1. The number of anilines is 1. The lowest BCUT2D eigenvalue weighted by molar-refractivity contribution is -0.111. The number of H-pyrrole nitrogens is 1. The monoisotopic (exact) mass is 414 g/mol. The maximum atomic E-state index is 12.0. The molecule has 0 aliphatic rings. The first-order valence-corrected chi connectivity index (χ1v) is 9.72. The highest BCUT2D eigenvalue weighted by molar-refractivity contribution is 6.00. The first kappa shape index (κ1) is 20.3. The highest BCUT2D eigenvalue weighted by Gasteiger charge is 2.10. The van der Waals surface area contributed by atoms with Crippen LogP contribution in [-0.4, -0.2) is 41.7 Å². The van der Waals surface area contributed by atoms with Crippen molar-refractivity contribution in [2.45, 2.75) is 0 Å². The molecule has 4 aromatic rings. The number of ether oxygens (including phenoxy) is 2. The number of hydrogen-bond acceptors (Lipinski definition) is 5. The minimum absolute atomic E-state index is 0.206. The molecule has 7 heteroatoms. The lowest BCUT2D eigenvalue weighted by atomic mass is 10.0. The molecule has 0 atom stereocenters. The van der Waals surface area contributed by atoms with E-state index in [2.05, 4.69) is 26.3 Å². The van der Waals surface area contributed by atoms with Gasteiger partial charge in [0.1, 0.15) is 5.65 Å². The number of aromatic nitrogens is 3. The van der Waals surface area contributed by atoms with Gasteiger partial charge in [-0.05, 0) is 29.8 Å². The quantitative estimate of drug-likeness (QED) is 0.437. The number of benzene rings is 1. The normalized spacial score (nSPS) is 11.2. The molecule has 3 heterocycles. The molecular weight excluding hydrogens is 392 g/mol. The molecular formula is C24H22N4O3. The number of methoxy groups -OCH3 is 2. The highest BCUT2D eigenvalue weighted by atomic mass is 16.5. The number of fused-ring (bicyclic) bond motifs is 1. The highest BCUT2D eigenvalue weighted by Crippen LogP contribution is 2.31. The number of amides is 1. The van der Waals surface area contributed by atoms with Crippen LogP contribution in [-0.2, 0) is 9.53 Å². The van der Waals surface area contributed by atoms with Crippen LogP contribution in [0.1, 0.15) is 0 Å². The molecule has 0 saturated carbocycles.